The predicted octanol–water partition coefficient (Wildman–Crippen LogP) is 2.48. The minimum atomic E-state index is -0.644. The number of benzene rings is 2. The zero-order valence-corrected chi connectivity index (χ0v) is 11.7. The Hall–Kier alpha value is -3.02. The molecule has 0 radical (unpaired) electrons. The second-order valence-corrected chi connectivity index (χ2v) is 4.85. The van der Waals surface area contributed by atoms with Gasteiger partial charge < -0.3 is 20.7 Å². The first-order valence-corrected chi connectivity index (χ1v) is 6.87. The highest BCUT2D eigenvalue weighted by Gasteiger charge is 2.28. The summed E-state index contributed by atoms with van der Waals surface area (Å²) in [5.74, 6) is -0.297. The maximum Gasteiger partial charge on any atom is 0.407 e. The van der Waals surface area contributed by atoms with Gasteiger partial charge in [-0.2, -0.15) is 0 Å². The van der Waals surface area contributed by atoms with Crippen molar-refractivity contribution in [2.45, 2.75) is 6.04 Å². The van der Waals surface area contributed by atoms with Gasteiger partial charge in [-0.15, -0.1) is 0 Å². The number of rotatable bonds is 4. The zero-order chi connectivity index (χ0) is 15.4. The second kappa shape index (κ2) is 6.17. The van der Waals surface area contributed by atoms with Crippen molar-refractivity contribution < 1.29 is 14.3 Å². The molecular weight excluding hydrogens is 282 g/mol. The van der Waals surface area contributed by atoms with E-state index >= 15 is 0 Å². The third kappa shape index (κ3) is 3.35. The molecule has 0 spiro atoms. The lowest BCUT2D eigenvalue weighted by molar-refractivity contribution is -0.117. The van der Waals surface area contributed by atoms with E-state index in [1.54, 1.807) is 12.1 Å². The van der Waals surface area contributed by atoms with Gasteiger partial charge in [0, 0.05) is 17.1 Å². The maximum atomic E-state index is 11.9. The number of nitrogens with one attached hydrogen (secondary N) is 3. The molecule has 3 N–H and O–H groups in total. The van der Waals surface area contributed by atoms with E-state index in [-0.39, 0.29) is 12.5 Å². The summed E-state index contributed by atoms with van der Waals surface area (Å²) in [5.41, 5.74) is 2.57. The molecule has 0 aliphatic carbocycles. The van der Waals surface area contributed by atoms with Crippen LogP contribution in [0.25, 0.3) is 0 Å². The highest BCUT2D eigenvalue weighted by Crippen LogP contribution is 2.18. The number of ether oxygens (including phenoxy) is 1. The summed E-state index contributed by atoms with van der Waals surface area (Å²) in [4.78, 5) is 22.8. The summed E-state index contributed by atoms with van der Waals surface area (Å²) in [6.07, 6.45) is -0.567. The summed E-state index contributed by atoms with van der Waals surface area (Å²) in [6.45, 7) is 0.0539. The number of anilines is 3. The lowest BCUT2D eigenvalue weighted by atomic mass is 10.2. The van der Waals surface area contributed by atoms with Gasteiger partial charge in [-0.05, 0) is 36.4 Å². The molecule has 1 aliphatic heterocycles. The van der Waals surface area contributed by atoms with Gasteiger partial charge in [0.15, 0.2) is 0 Å². The van der Waals surface area contributed by atoms with E-state index in [1.807, 2.05) is 42.5 Å². The fourth-order valence-corrected chi connectivity index (χ4v) is 2.08. The standard InChI is InChI=1S/C16H15N3O3/c20-15(14-10-22-16(21)19-14)18-13-8-6-12(7-9-13)17-11-4-2-1-3-5-11/h1-9,14,17H,10H2,(H,18,20)(H,19,21). The van der Waals surface area contributed by atoms with Crippen molar-refractivity contribution >= 4 is 29.1 Å². The molecule has 2 aromatic carbocycles. The summed E-state index contributed by atoms with van der Waals surface area (Å²) in [6, 6.07) is 16.5. The maximum absolute atomic E-state index is 11.9. The van der Waals surface area contributed by atoms with Gasteiger partial charge in [0.05, 0.1) is 0 Å². The van der Waals surface area contributed by atoms with E-state index in [4.69, 9.17) is 0 Å². The first-order valence-electron chi connectivity index (χ1n) is 6.87. The molecule has 6 nitrogen and oxygen atoms in total. The number of hydrogen-bond donors (Lipinski definition) is 3. The Morgan fingerprint density at radius 2 is 1.64 bits per heavy atom. The van der Waals surface area contributed by atoms with Crippen LogP contribution >= 0.6 is 0 Å². The number of carbonyl (C=O) groups excluding carboxylic acids is 2. The van der Waals surface area contributed by atoms with Crippen molar-refractivity contribution in [2.24, 2.45) is 0 Å². The first-order chi connectivity index (χ1) is 10.7. The van der Waals surface area contributed by atoms with Crippen molar-refractivity contribution in [1.82, 2.24) is 5.32 Å². The molecule has 112 valence electrons. The van der Waals surface area contributed by atoms with Crippen molar-refractivity contribution in [3.63, 3.8) is 0 Å². The van der Waals surface area contributed by atoms with Crippen molar-refractivity contribution in [1.29, 1.82) is 0 Å². The third-order valence-electron chi connectivity index (χ3n) is 3.20. The van der Waals surface area contributed by atoms with Crippen molar-refractivity contribution in [3.05, 3.63) is 54.6 Å². The minimum Gasteiger partial charge on any atom is -0.447 e. The van der Waals surface area contributed by atoms with Crippen LogP contribution in [0.1, 0.15) is 0 Å². The molecule has 0 saturated carbocycles. The van der Waals surface area contributed by atoms with Gasteiger partial charge >= 0.3 is 6.09 Å². The fraction of sp³-hybridized carbons (Fsp3) is 0.125. The van der Waals surface area contributed by atoms with Gasteiger partial charge in [0.2, 0.25) is 0 Å². The van der Waals surface area contributed by atoms with E-state index in [2.05, 4.69) is 20.7 Å². The van der Waals surface area contributed by atoms with Crippen LogP contribution in [0.2, 0.25) is 0 Å². The topological polar surface area (TPSA) is 79.5 Å². The number of alkyl carbamates (subject to hydrolysis) is 1. The van der Waals surface area contributed by atoms with Gasteiger partial charge in [-0.1, -0.05) is 18.2 Å². The molecule has 0 aromatic heterocycles. The molecule has 1 fully saturated rings. The van der Waals surface area contributed by atoms with Crippen LogP contribution in [-0.4, -0.2) is 24.6 Å². The number of cyclic esters (lactones) is 1. The summed E-state index contributed by atoms with van der Waals surface area (Å²) in [7, 11) is 0. The summed E-state index contributed by atoms with van der Waals surface area (Å²) in [5, 5.41) is 8.42. The SMILES string of the molecule is O=C1NC(C(=O)Nc2ccc(Nc3ccccc3)cc2)CO1. The predicted molar refractivity (Wildman–Crippen MR) is 83.1 cm³/mol. The molecule has 1 unspecified atom stereocenters. The van der Waals surface area contributed by atoms with Crippen molar-refractivity contribution in [2.75, 3.05) is 17.2 Å². The monoisotopic (exact) mass is 297 g/mol. The van der Waals surface area contributed by atoms with E-state index in [9.17, 15) is 9.59 Å². The van der Waals surface area contributed by atoms with Crippen LogP contribution in [0.5, 0.6) is 0 Å². The van der Waals surface area contributed by atoms with E-state index < -0.39 is 12.1 Å². The Bertz CT molecular complexity index is 671. The van der Waals surface area contributed by atoms with Crippen LogP contribution in [0, 0.1) is 0 Å². The number of amides is 2. The van der Waals surface area contributed by atoms with Crippen LogP contribution < -0.4 is 16.0 Å². The Labute approximate surface area is 127 Å². The third-order valence-corrected chi connectivity index (χ3v) is 3.20. The van der Waals surface area contributed by atoms with Gasteiger partial charge in [-0.25, -0.2) is 4.79 Å². The molecule has 1 aliphatic rings. The Balaban J connectivity index is 1.59. The number of para-hydroxylation sites is 1. The van der Waals surface area contributed by atoms with E-state index in [0.29, 0.717) is 5.69 Å². The smallest absolute Gasteiger partial charge is 0.407 e. The molecule has 2 aromatic rings. The van der Waals surface area contributed by atoms with E-state index in [0.717, 1.165) is 11.4 Å². The fourth-order valence-electron chi connectivity index (χ4n) is 2.08. The minimum absolute atomic E-state index is 0.0539. The molecular formula is C16H15N3O3. The van der Waals surface area contributed by atoms with Crippen LogP contribution in [0.3, 0.4) is 0 Å². The molecule has 1 saturated heterocycles. The lowest BCUT2D eigenvalue weighted by Gasteiger charge is -2.10. The quantitative estimate of drug-likeness (QED) is 0.810. The Morgan fingerprint density at radius 1 is 1.00 bits per heavy atom. The molecule has 2 amide bonds. The second-order valence-electron chi connectivity index (χ2n) is 4.85. The van der Waals surface area contributed by atoms with Gasteiger partial charge in [0.25, 0.3) is 5.91 Å². The first kappa shape index (κ1) is 13.9. The highest BCUT2D eigenvalue weighted by molar-refractivity contribution is 5.97. The zero-order valence-electron chi connectivity index (χ0n) is 11.7. The molecule has 6 heteroatoms. The largest absolute Gasteiger partial charge is 0.447 e. The Morgan fingerprint density at radius 3 is 2.27 bits per heavy atom. The van der Waals surface area contributed by atoms with Crippen LogP contribution in [0.4, 0.5) is 21.9 Å². The molecule has 3 rings (SSSR count). The molecule has 0 bridgehead atoms. The normalized spacial score (nSPS) is 16.5. The molecule has 22 heavy (non-hydrogen) atoms. The summed E-state index contributed by atoms with van der Waals surface area (Å²) >= 11 is 0. The average Bonchev–Trinajstić information content (AvgIpc) is 2.97. The Kier molecular flexibility index (Phi) is 3.91. The lowest BCUT2D eigenvalue weighted by Crippen LogP contribution is -2.38. The molecule has 1 atom stereocenters. The molecule has 1 heterocycles. The van der Waals surface area contributed by atoms with Crippen molar-refractivity contribution in [3.8, 4) is 0 Å². The number of carbonyl (C=O) groups is 2. The number of hydrogen-bond acceptors (Lipinski definition) is 4. The van der Waals surface area contributed by atoms with E-state index in [1.165, 1.54) is 0 Å². The van der Waals surface area contributed by atoms with Crippen LogP contribution in [-0.2, 0) is 9.53 Å². The highest BCUT2D eigenvalue weighted by atomic mass is 16.6. The van der Waals surface area contributed by atoms with Gasteiger partial charge in [0.1, 0.15) is 12.6 Å². The summed E-state index contributed by atoms with van der Waals surface area (Å²) < 4.78 is 4.69. The average molecular weight is 297 g/mol. The van der Waals surface area contributed by atoms with Crippen LogP contribution in [0.15, 0.2) is 54.6 Å². The van der Waals surface area contributed by atoms with Gasteiger partial charge in [-0.3, -0.25) is 4.79 Å².